The quantitative estimate of drug-likeness (QED) is 0.0636. The molecule has 17 nitrogen and oxygen atoms in total. The number of hydrogen-bond acceptors (Lipinski definition) is 11. The fourth-order valence-corrected chi connectivity index (χ4v) is 7.77. The highest BCUT2D eigenvalue weighted by atomic mass is 35.5. The highest BCUT2D eigenvalue weighted by Crippen LogP contribution is 2.31. The lowest BCUT2D eigenvalue weighted by Crippen LogP contribution is -2.35. The average molecular weight is 900 g/mol. The van der Waals surface area contributed by atoms with E-state index in [2.05, 4.69) is 60.4 Å². The van der Waals surface area contributed by atoms with Crippen LogP contribution in [0.15, 0.2) is 61.2 Å². The van der Waals surface area contributed by atoms with Crippen LogP contribution in [0, 0.1) is 0 Å². The zero-order valence-electron chi connectivity index (χ0n) is 35.4. The van der Waals surface area contributed by atoms with E-state index in [1.807, 2.05) is 44.4 Å². The Morgan fingerprint density at radius 1 is 0.806 bits per heavy atom. The summed E-state index contributed by atoms with van der Waals surface area (Å²) < 4.78 is 11.2. The third kappa shape index (κ3) is 9.49. The number of nitrogens with zero attached hydrogens (tertiary/aromatic N) is 9. The summed E-state index contributed by atoms with van der Waals surface area (Å²) in [5.41, 5.74) is 6.85. The first kappa shape index (κ1) is 44.3. The van der Waals surface area contributed by atoms with Gasteiger partial charge in [0.15, 0.2) is 11.3 Å². The minimum absolute atomic E-state index is 0.145. The fourth-order valence-electron chi connectivity index (χ4n) is 6.68. The van der Waals surface area contributed by atoms with Crippen LogP contribution in [-0.2, 0) is 25.6 Å². The molecule has 0 bridgehead atoms. The van der Waals surface area contributed by atoms with Gasteiger partial charge in [-0.2, -0.15) is 10.2 Å². The minimum Gasteiger partial charge on any atom is -0.394 e. The van der Waals surface area contributed by atoms with Gasteiger partial charge in [-0.3, -0.25) is 19.0 Å². The molecule has 0 spiro atoms. The zero-order valence-corrected chi connectivity index (χ0v) is 37.9. The van der Waals surface area contributed by atoms with E-state index in [0.29, 0.717) is 72.9 Å². The second kappa shape index (κ2) is 18.3. The Hall–Kier alpha value is -5.76. The van der Waals surface area contributed by atoms with E-state index in [-0.39, 0.29) is 37.8 Å². The number of aromatic nitrogens is 10. The lowest BCUT2D eigenvalue weighted by Gasteiger charge is -2.15. The minimum atomic E-state index is -1.22. The number of rotatable bonds is 13. The first-order valence-corrected chi connectivity index (χ1v) is 24.4. The first-order chi connectivity index (χ1) is 29.5. The molecule has 0 aliphatic rings. The largest absolute Gasteiger partial charge is 0.394 e. The molecule has 0 saturated carbocycles. The molecule has 20 heteroatoms. The van der Waals surface area contributed by atoms with Gasteiger partial charge < -0.3 is 35.1 Å². The Kier molecular flexibility index (Phi) is 13.1. The van der Waals surface area contributed by atoms with Gasteiger partial charge in [-0.25, -0.2) is 19.9 Å². The van der Waals surface area contributed by atoms with Crippen LogP contribution in [0.25, 0.3) is 66.9 Å². The van der Waals surface area contributed by atoms with Crippen molar-refractivity contribution in [3.63, 3.8) is 0 Å². The third-order valence-corrected chi connectivity index (χ3v) is 12.3. The lowest BCUT2D eigenvalue weighted by molar-refractivity contribution is 0.0885. The van der Waals surface area contributed by atoms with E-state index in [9.17, 15) is 14.7 Å². The van der Waals surface area contributed by atoms with Crippen LogP contribution in [0.3, 0.4) is 0 Å². The van der Waals surface area contributed by atoms with E-state index in [4.69, 9.17) is 38.0 Å². The fraction of sp³-hybridized carbons (Fsp3) is 0.333. The molecule has 2 aromatic carbocycles. The number of aliphatic hydroxyl groups excluding tert-OH is 2. The maximum Gasteiger partial charge on any atom is 0.255 e. The molecule has 62 heavy (non-hydrogen) atoms. The number of nitrogens with one attached hydrogen (secondary N) is 3. The van der Waals surface area contributed by atoms with Crippen molar-refractivity contribution in [2.75, 3.05) is 19.8 Å². The zero-order chi connectivity index (χ0) is 44.5. The normalized spacial score (nSPS) is 12.8. The molecule has 0 unspecified atom stereocenters. The number of H-pyrrole nitrogens is 1. The third-order valence-electron chi connectivity index (χ3n) is 10.1. The lowest BCUT2D eigenvalue weighted by atomic mass is 10.1. The van der Waals surface area contributed by atoms with Crippen molar-refractivity contribution in [1.82, 2.24) is 59.7 Å². The van der Waals surface area contributed by atoms with Gasteiger partial charge in [0.25, 0.3) is 11.8 Å². The maximum atomic E-state index is 13.0. The summed E-state index contributed by atoms with van der Waals surface area (Å²) in [6, 6.07) is 11.4. The molecule has 0 radical (unpaired) electrons. The number of hydrogen-bond donors (Lipinski definition) is 5. The molecule has 5 N–H and O–H groups in total. The molecule has 6 aromatic heterocycles. The number of fused-ring (bicyclic) bond motifs is 4. The number of halogens is 2. The molecule has 8 rings (SSSR count). The van der Waals surface area contributed by atoms with Crippen LogP contribution in [0.1, 0.15) is 34.6 Å². The number of carbonyl (C=O) groups is 2. The molecule has 2 atom stereocenters. The molecule has 0 aliphatic carbocycles. The molecule has 8 aromatic rings. The summed E-state index contributed by atoms with van der Waals surface area (Å²) in [7, 11) is 2.46. The summed E-state index contributed by atoms with van der Waals surface area (Å²) in [6.07, 6.45) is 6.55. The van der Waals surface area contributed by atoms with Gasteiger partial charge in [-0.05, 0) is 56.3 Å². The van der Waals surface area contributed by atoms with Gasteiger partial charge in [0.1, 0.15) is 40.5 Å². The van der Waals surface area contributed by atoms with Gasteiger partial charge >= 0.3 is 0 Å². The van der Waals surface area contributed by atoms with Crippen LogP contribution in [0.5, 0.6) is 0 Å². The van der Waals surface area contributed by atoms with Crippen molar-refractivity contribution in [1.29, 1.82) is 0 Å². The SMILES string of the molecule is C[C@@H](CO)NC(=O)c1c[nH]c2ncc(-c3nn(C)c4cc(Cl)ccc34)nc12.C[C@@H](CO)NC(=O)c1cn(COCC[Si](C)(C)C)c2ncc(-c3nn(C)c4cc(Cl)ccc34)nc12. The van der Waals surface area contributed by atoms with Crippen molar-refractivity contribution in [3.05, 3.63) is 82.4 Å². The second-order valence-electron chi connectivity index (χ2n) is 16.3. The molecule has 0 saturated heterocycles. The summed E-state index contributed by atoms with van der Waals surface area (Å²) in [6.45, 7) is 11.0. The highest BCUT2D eigenvalue weighted by molar-refractivity contribution is 6.76. The number of carbonyl (C=O) groups excluding carboxylic acids is 2. The summed E-state index contributed by atoms with van der Waals surface area (Å²) in [4.78, 5) is 46.9. The average Bonchev–Trinajstić information content (AvgIpc) is 4.00. The van der Waals surface area contributed by atoms with Crippen molar-refractivity contribution < 1.29 is 24.5 Å². The predicted molar refractivity (Wildman–Crippen MR) is 243 cm³/mol. The maximum absolute atomic E-state index is 13.0. The van der Waals surface area contributed by atoms with Crippen molar-refractivity contribution in [3.8, 4) is 22.8 Å². The molecular formula is C42H48Cl2N12O5Si. The predicted octanol–water partition coefficient (Wildman–Crippen LogP) is 6.34. The number of aryl methyl sites for hydroxylation is 2. The Bertz CT molecular complexity index is 2940. The molecule has 2 amide bonds. The number of aliphatic hydroxyl groups is 2. The summed E-state index contributed by atoms with van der Waals surface area (Å²) >= 11 is 12.3. The van der Waals surface area contributed by atoms with Gasteiger partial charge in [-0.15, -0.1) is 0 Å². The van der Waals surface area contributed by atoms with E-state index >= 15 is 0 Å². The molecular weight excluding hydrogens is 852 g/mol. The van der Waals surface area contributed by atoms with Crippen LogP contribution >= 0.6 is 23.2 Å². The summed E-state index contributed by atoms with van der Waals surface area (Å²) in [5.74, 6) is -0.659. The van der Waals surface area contributed by atoms with Crippen LogP contribution in [-0.4, -0.2) is 111 Å². The number of aromatic amines is 1. The second-order valence-corrected chi connectivity index (χ2v) is 22.8. The molecule has 0 aliphatic heterocycles. The summed E-state index contributed by atoms with van der Waals surface area (Å²) in [5, 5.41) is 36.2. The van der Waals surface area contributed by atoms with Crippen molar-refractivity contribution in [2.24, 2.45) is 14.1 Å². The van der Waals surface area contributed by atoms with Crippen LogP contribution in [0.2, 0.25) is 35.7 Å². The van der Waals surface area contributed by atoms with Crippen molar-refractivity contribution >= 4 is 87.2 Å². The number of benzene rings is 2. The van der Waals surface area contributed by atoms with Crippen LogP contribution < -0.4 is 10.6 Å². The van der Waals surface area contributed by atoms with Gasteiger partial charge in [-0.1, -0.05) is 42.8 Å². The molecule has 6 heterocycles. The standard InChI is InChI=1S/C24H31ClN6O3Si.C18H17ClN6O2/c1-15(13-32)27-24(33)18-12-31(14-34-8-9-35(3,4)5)23-22(18)28-19(11-26-23)21-17-7-6-16(25)10-20(17)30(2)29-21;1-9(8-26)22-18(27)12-6-20-17-16(12)23-13(7-21-17)15-11-4-3-10(19)5-14(11)25(2)24-15/h6-7,10-12,15,32H,8-9,13-14H2,1-5H3,(H,27,33);3-7,9,26H,8H2,1-2H3,(H,20,21)(H,22,27)/t15-;9-/m00/s1. The Morgan fingerprint density at radius 3 is 1.89 bits per heavy atom. The van der Waals surface area contributed by atoms with E-state index in [1.165, 1.54) is 0 Å². The smallest absolute Gasteiger partial charge is 0.255 e. The van der Waals surface area contributed by atoms with E-state index in [1.54, 1.807) is 58.6 Å². The highest BCUT2D eigenvalue weighted by Gasteiger charge is 2.23. The van der Waals surface area contributed by atoms with Gasteiger partial charge in [0.05, 0.1) is 47.8 Å². The topological polar surface area (TPSA) is 216 Å². The Balaban J connectivity index is 0.000000192. The number of amides is 2. The van der Waals surface area contributed by atoms with E-state index in [0.717, 1.165) is 27.8 Å². The van der Waals surface area contributed by atoms with Gasteiger partial charge in [0.2, 0.25) is 0 Å². The van der Waals surface area contributed by atoms with E-state index < -0.39 is 14.1 Å². The number of ether oxygens (including phenoxy) is 1. The molecule has 324 valence electrons. The van der Waals surface area contributed by atoms with Gasteiger partial charge in [0, 0.05) is 74.1 Å². The Labute approximate surface area is 367 Å². The first-order valence-electron chi connectivity index (χ1n) is 19.9. The Morgan fingerprint density at radius 2 is 1.34 bits per heavy atom. The van der Waals surface area contributed by atoms with Crippen LogP contribution in [0.4, 0.5) is 0 Å². The van der Waals surface area contributed by atoms with Crippen molar-refractivity contribution in [2.45, 2.75) is 58.3 Å². The monoisotopic (exact) mass is 898 g/mol. The molecule has 0 fully saturated rings.